The van der Waals surface area contributed by atoms with Crippen molar-refractivity contribution in [2.45, 2.75) is 18.9 Å². The van der Waals surface area contributed by atoms with Gasteiger partial charge < -0.3 is 16.2 Å². The molecule has 1 aliphatic rings. The van der Waals surface area contributed by atoms with Gasteiger partial charge in [0.05, 0.1) is 33.4 Å². The molecule has 1 amide bonds. The SMILES string of the molecule is Nc1ncccc1-c1nc2ccc(-c3ccccc3)nc2n1-c1ccc2c(c1)CC[C@@H]2NC(=O)c1cc(C=O)c(O)cc1Cl. The van der Waals surface area contributed by atoms with Crippen LogP contribution < -0.4 is 11.1 Å². The van der Waals surface area contributed by atoms with E-state index >= 15 is 0 Å². The van der Waals surface area contributed by atoms with Crippen LogP contribution in [0.4, 0.5) is 5.82 Å². The smallest absolute Gasteiger partial charge is 0.253 e. The van der Waals surface area contributed by atoms with E-state index in [1.165, 1.54) is 12.1 Å². The molecule has 44 heavy (non-hydrogen) atoms. The number of hydrogen-bond donors (Lipinski definition) is 3. The molecule has 0 aliphatic heterocycles. The first-order chi connectivity index (χ1) is 21.4. The predicted molar refractivity (Wildman–Crippen MR) is 169 cm³/mol. The van der Waals surface area contributed by atoms with E-state index in [-0.39, 0.29) is 27.9 Å². The van der Waals surface area contributed by atoms with Crippen LogP contribution in [0.25, 0.3) is 39.5 Å². The Morgan fingerprint density at radius 2 is 1.86 bits per heavy atom. The van der Waals surface area contributed by atoms with Crippen LogP contribution in [0.2, 0.25) is 5.02 Å². The second-order valence-corrected chi connectivity index (χ2v) is 11.0. The number of phenolic OH excluding ortho intramolecular Hbond substituents is 1. The van der Waals surface area contributed by atoms with E-state index in [9.17, 15) is 14.7 Å². The van der Waals surface area contributed by atoms with Crippen molar-refractivity contribution in [1.82, 2.24) is 24.8 Å². The topological polar surface area (TPSA) is 136 Å². The van der Waals surface area contributed by atoms with Gasteiger partial charge in [-0.25, -0.2) is 15.0 Å². The zero-order valence-electron chi connectivity index (χ0n) is 23.2. The van der Waals surface area contributed by atoms with Crippen LogP contribution in [-0.4, -0.2) is 36.8 Å². The summed E-state index contributed by atoms with van der Waals surface area (Å²) in [6.45, 7) is 0. The molecule has 0 unspecified atom stereocenters. The van der Waals surface area contributed by atoms with Crippen LogP contribution in [0.15, 0.2) is 91.1 Å². The zero-order chi connectivity index (χ0) is 30.4. The quantitative estimate of drug-likeness (QED) is 0.190. The van der Waals surface area contributed by atoms with Crippen molar-refractivity contribution in [1.29, 1.82) is 0 Å². The number of rotatable bonds is 6. The lowest BCUT2D eigenvalue weighted by atomic mass is 10.1. The van der Waals surface area contributed by atoms with Crippen molar-refractivity contribution in [3.63, 3.8) is 0 Å². The van der Waals surface area contributed by atoms with Crippen LogP contribution in [0.1, 0.15) is 44.3 Å². The summed E-state index contributed by atoms with van der Waals surface area (Å²) in [5, 5.41) is 13.0. The maximum atomic E-state index is 13.2. The van der Waals surface area contributed by atoms with Crippen molar-refractivity contribution in [3.05, 3.63) is 118 Å². The second-order valence-electron chi connectivity index (χ2n) is 10.6. The van der Waals surface area contributed by atoms with Crippen molar-refractivity contribution < 1.29 is 14.7 Å². The number of imidazole rings is 1. The molecule has 9 nitrogen and oxygen atoms in total. The Morgan fingerprint density at radius 1 is 1.02 bits per heavy atom. The van der Waals surface area contributed by atoms with E-state index in [1.807, 2.05) is 71.3 Å². The Balaban J connectivity index is 1.29. The minimum Gasteiger partial charge on any atom is -0.507 e. The Bertz CT molecular complexity index is 2090. The summed E-state index contributed by atoms with van der Waals surface area (Å²) < 4.78 is 2.00. The van der Waals surface area contributed by atoms with Gasteiger partial charge in [0.25, 0.3) is 5.91 Å². The summed E-state index contributed by atoms with van der Waals surface area (Å²) >= 11 is 6.23. The van der Waals surface area contributed by atoms with E-state index in [2.05, 4.69) is 16.4 Å². The first-order valence-electron chi connectivity index (χ1n) is 14.0. The first kappa shape index (κ1) is 27.3. The van der Waals surface area contributed by atoms with Crippen LogP contribution >= 0.6 is 11.6 Å². The van der Waals surface area contributed by atoms with E-state index in [4.69, 9.17) is 27.3 Å². The second kappa shape index (κ2) is 10.9. The summed E-state index contributed by atoms with van der Waals surface area (Å²) in [4.78, 5) is 38.7. The molecule has 0 bridgehead atoms. The predicted octanol–water partition coefficient (Wildman–Crippen LogP) is 6.32. The number of aryl methyl sites for hydroxylation is 1. The molecule has 7 rings (SSSR count). The summed E-state index contributed by atoms with van der Waals surface area (Å²) in [7, 11) is 0. The number of carbonyl (C=O) groups excluding carboxylic acids is 2. The number of halogens is 1. The average molecular weight is 601 g/mol. The Morgan fingerprint density at radius 3 is 2.66 bits per heavy atom. The number of aromatic nitrogens is 4. The standard InChI is InChI=1S/C34H25ClN6O3/c35-26-17-30(43)21(18-42)16-25(26)34(44)40-28-11-8-20-15-22(9-10-23(20)28)41-32(24-7-4-14-37-31(24)36)39-29-13-12-27(38-33(29)41)19-5-2-1-3-6-19/h1-7,9-10,12-18,28,43H,8,11H2,(H2,36,37)(H,40,44)/t28-/m0/s1. The van der Waals surface area contributed by atoms with Gasteiger partial charge in [0.15, 0.2) is 17.8 Å². The number of nitrogen functional groups attached to an aromatic ring is 1. The molecule has 3 heterocycles. The van der Waals surface area contributed by atoms with Crippen molar-refractivity contribution >= 4 is 40.8 Å². The number of nitrogens with two attached hydrogens (primary N) is 1. The summed E-state index contributed by atoms with van der Waals surface area (Å²) in [6, 6.07) is 25.9. The van der Waals surface area contributed by atoms with Crippen LogP contribution in [0.3, 0.4) is 0 Å². The molecule has 0 radical (unpaired) electrons. The van der Waals surface area contributed by atoms with Gasteiger partial charge in [-0.15, -0.1) is 0 Å². The Labute approximate surface area is 257 Å². The molecule has 216 valence electrons. The van der Waals surface area contributed by atoms with Gasteiger partial charge in [-0.1, -0.05) is 48.0 Å². The number of amides is 1. The van der Waals surface area contributed by atoms with Gasteiger partial charge in [0.1, 0.15) is 17.1 Å². The molecule has 3 aromatic carbocycles. The molecule has 1 aliphatic carbocycles. The van der Waals surface area contributed by atoms with Crippen LogP contribution in [0, 0.1) is 0 Å². The highest BCUT2D eigenvalue weighted by atomic mass is 35.5. The third-order valence-corrected chi connectivity index (χ3v) is 8.22. The molecule has 6 aromatic rings. The number of benzene rings is 3. The van der Waals surface area contributed by atoms with Crippen molar-refractivity contribution in [3.8, 4) is 34.1 Å². The summed E-state index contributed by atoms with van der Waals surface area (Å²) in [5.74, 6) is 0.290. The maximum Gasteiger partial charge on any atom is 0.253 e. The lowest BCUT2D eigenvalue weighted by Gasteiger charge is -2.16. The van der Waals surface area contributed by atoms with Crippen LogP contribution in [-0.2, 0) is 6.42 Å². The Kier molecular flexibility index (Phi) is 6.79. The van der Waals surface area contributed by atoms with E-state index < -0.39 is 5.91 Å². The fraction of sp³-hybridized carbons (Fsp3) is 0.0882. The third-order valence-electron chi connectivity index (χ3n) is 7.91. The third kappa shape index (κ3) is 4.73. The molecule has 1 atom stereocenters. The lowest BCUT2D eigenvalue weighted by molar-refractivity contribution is 0.0937. The number of fused-ring (bicyclic) bond motifs is 2. The molecule has 0 fully saturated rings. The fourth-order valence-corrected chi connectivity index (χ4v) is 5.98. The highest BCUT2D eigenvalue weighted by molar-refractivity contribution is 6.34. The highest BCUT2D eigenvalue weighted by Gasteiger charge is 2.27. The average Bonchev–Trinajstić information content (AvgIpc) is 3.62. The van der Waals surface area contributed by atoms with Gasteiger partial charge in [-0.3, -0.25) is 14.2 Å². The summed E-state index contributed by atoms with van der Waals surface area (Å²) in [6.07, 6.45) is 3.55. The summed E-state index contributed by atoms with van der Waals surface area (Å²) in [5.41, 5.74) is 13.2. The van der Waals surface area contributed by atoms with Gasteiger partial charge in [0, 0.05) is 23.5 Å². The van der Waals surface area contributed by atoms with Crippen molar-refractivity contribution in [2.24, 2.45) is 0 Å². The van der Waals surface area contributed by atoms with Gasteiger partial charge in [-0.05, 0) is 66.4 Å². The van der Waals surface area contributed by atoms with E-state index in [1.54, 1.807) is 6.20 Å². The molecule has 4 N–H and O–H groups in total. The van der Waals surface area contributed by atoms with Gasteiger partial charge >= 0.3 is 0 Å². The fourth-order valence-electron chi connectivity index (χ4n) is 5.74. The number of aromatic hydroxyl groups is 1. The van der Waals surface area contributed by atoms with Crippen molar-refractivity contribution in [2.75, 3.05) is 5.73 Å². The van der Waals surface area contributed by atoms with Gasteiger partial charge in [0.2, 0.25) is 0 Å². The number of nitrogens with one attached hydrogen (secondary N) is 1. The first-order valence-corrected chi connectivity index (χ1v) is 14.4. The number of carbonyl (C=O) groups is 2. The number of hydrogen-bond acceptors (Lipinski definition) is 7. The lowest BCUT2D eigenvalue weighted by Crippen LogP contribution is -2.27. The van der Waals surface area contributed by atoms with Gasteiger partial charge in [-0.2, -0.15) is 0 Å². The Hall–Kier alpha value is -5.54. The number of pyridine rings is 2. The maximum absolute atomic E-state index is 13.2. The zero-order valence-corrected chi connectivity index (χ0v) is 24.0. The monoisotopic (exact) mass is 600 g/mol. The molecule has 10 heteroatoms. The number of aldehydes is 1. The molecular weight excluding hydrogens is 576 g/mol. The molecule has 0 spiro atoms. The molecule has 3 aromatic heterocycles. The van der Waals surface area contributed by atoms with Crippen LogP contribution in [0.5, 0.6) is 5.75 Å². The molecular formula is C34H25ClN6O3. The van der Waals surface area contributed by atoms with E-state index in [0.717, 1.165) is 34.5 Å². The molecule has 0 saturated heterocycles. The number of anilines is 1. The minimum atomic E-state index is -0.424. The normalized spacial score (nSPS) is 14.0. The number of phenols is 1. The largest absolute Gasteiger partial charge is 0.507 e. The minimum absolute atomic E-state index is 0.00217. The molecule has 0 saturated carbocycles. The highest BCUT2D eigenvalue weighted by Crippen LogP contribution is 2.37. The van der Waals surface area contributed by atoms with E-state index in [0.29, 0.717) is 41.1 Å². The number of nitrogens with zero attached hydrogens (tertiary/aromatic N) is 4.